The number of carbonyl (C=O) groups excluding carboxylic acids is 1. The number of nitrogen functional groups attached to an aromatic ring is 1. The summed E-state index contributed by atoms with van der Waals surface area (Å²) in [6.07, 6.45) is 2.15. The van der Waals surface area contributed by atoms with Crippen molar-refractivity contribution < 1.29 is 14.6 Å². The summed E-state index contributed by atoms with van der Waals surface area (Å²) >= 11 is 0. The Morgan fingerprint density at radius 1 is 1.42 bits per heavy atom. The third-order valence-corrected chi connectivity index (χ3v) is 3.97. The smallest absolute Gasteiger partial charge is 0.254 e. The lowest BCUT2D eigenvalue weighted by atomic mass is 9.88. The number of rotatable bonds is 3. The van der Waals surface area contributed by atoms with Crippen LogP contribution >= 0.6 is 0 Å². The molecule has 2 fully saturated rings. The summed E-state index contributed by atoms with van der Waals surface area (Å²) in [6.45, 7) is 0.848. The molecule has 1 aliphatic carbocycles. The summed E-state index contributed by atoms with van der Waals surface area (Å²) in [6, 6.07) is 4.99. The average molecular weight is 262 g/mol. The second kappa shape index (κ2) is 4.13. The number of nitrogens with two attached hydrogens (primary N) is 1. The molecule has 0 atom stereocenters. The van der Waals surface area contributed by atoms with Crippen molar-refractivity contribution in [1.29, 1.82) is 0 Å². The van der Waals surface area contributed by atoms with Crippen molar-refractivity contribution in [3.8, 4) is 5.75 Å². The summed E-state index contributed by atoms with van der Waals surface area (Å²) < 4.78 is 5.11. The number of β-amino-alcohol motifs (C(OH)–C–C–N with tert-alkyl or cyclic N) is 1. The minimum Gasteiger partial charge on any atom is -0.497 e. The quantitative estimate of drug-likeness (QED) is 0.793. The standard InChI is InChI=1S/C14H18N2O3/c1-19-12-5-9(4-11(15)6-12)13(17)16-7-14(18,8-16)10-2-3-10/h4-6,10,18H,2-3,7-8,15H2,1H3. The molecule has 0 bridgehead atoms. The molecule has 1 saturated carbocycles. The first-order valence-corrected chi connectivity index (χ1v) is 6.48. The predicted octanol–water partition coefficient (Wildman–Crippen LogP) is 0.874. The molecule has 5 nitrogen and oxygen atoms in total. The number of anilines is 1. The fraction of sp³-hybridized carbons (Fsp3) is 0.500. The molecule has 3 rings (SSSR count). The lowest BCUT2D eigenvalue weighted by Crippen LogP contribution is -2.64. The van der Waals surface area contributed by atoms with Crippen LogP contribution in [0.2, 0.25) is 0 Å². The maximum atomic E-state index is 12.3. The van der Waals surface area contributed by atoms with Crippen LogP contribution < -0.4 is 10.5 Å². The maximum Gasteiger partial charge on any atom is 0.254 e. The van der Waals surface area contributed by atoms with E-state index in [9.17, 15) is 9.90 Å². The Hall–Kier alpha value is -1.75. The topological polar surface area (TPSA) is 75.8 Å². The number of ether oxygens (including phenoxy) is 1. The Balaban J connectivity index is 1.73. The Labute approximate surface area is 112 Å². The molecule has 1 saturated heterocycles. The van der Waals surface area contributed by atoms with Crippen LogP contribution in [0.3, 0.4) is 0 Å². The van der Waals surface area contributed by atoms with E-state index < -0.39 is 5.60 Å². The molecule has 5 heteroatoms. The first-order valence-electron chi connectivity index (χ1n) is 6.48. The molecule has 1 heterocycles. The molecule has 1 aliphatic heterocycles. The predicted molar refractivity (Wildman–Crippen MR) is 71.0 cm³/mol. The number of methoxy groups -OCH3 is 1. The van der Waals surface area contributed by atoms with Gasteiger partial charge in [0.2, 0.25) is 0 Å². The van der Waals surface area contributed by atoms with Crippen molar-refractivity contribution in [2.75, 3.05) is 25.9 Å². The van der Waals surface area contributed by atoms with E-state index in [1.54, 1.807) is 30.2 Å². The maximum absolute atomic E-state index is 12.3. The molecular weight excluding hydrogens is 244 g/mol. The SMILES string of the molecule is COc1cc(N)cc(C(=O)N2CC(O)(C3CC3)C2)c1. The van der Waals surface area contributed by atoms with E-state index in [1.807, 2.05) is 0 Å². The van der Waals surface area contributed by atoms with Crippen molar-refractivity contribution in [2.24, 2.45) is 5.92 Å². The molecule has 1 aromatic rings. The minimum absolute atomic E-state index is 0.101. The van der Waals surface area contributed by atoms with Crippen LogP contribution in [0.5, 0.6) is 5.75 Å². The number of hydrogen-bond acceptors (Lipinski definition) is 4. The molecule has 1 amide bonds. The summed E-state index contributed by atoms with van der Waals surface area (Å²) in [5.41, 5.74) is 6.10. The molecule has 19 heavy (non-hydrogen) atoms. The zero-order valence-corrected chi connectivity index (χ0v) is 10.9. The van der Waals surface area contributed by atoms with Gasteiger partial charge in [-0.1, -0.05) is 0 Å². The fourth-order valence-electron chi connectivity index (χ4n) is 2.68. The lowest BCUT2D eigenvalue weighted by Gasteiger charge is -2.47. The highest BCUT2D eigenvalue weighted by Gasteiger charge is 2.53. The summed E-state index contributed by atoms with van der Waals surface area (Å²) in [4.78, 5) is 13.9. The lowest BCUT2D eigenvalue weighted by molar-refractivity contribution is -0.0958. The highest BCUT2D eigenvalue weighted by atomic mass is 16.5. The van der Waals surface area contributed by atoms with Crippen LogP contribution in [0.15, 0.2) is 18.2 Å². The summed E-state index contributed by atoms with van der Waals surface area (Å²) in [5.74, 6) is 0.851. The zero-order valence-electron chi connectivity index (χ0n) is 10.9. The molecule has 0 unspecified atom stereocenters. The molecule has 3 N–H and O–H groups in total. The second-order valence-corrected chi connectivity index (χ2v) is 5.53. The van der Waals surface area contributed by atoms with Gasteiger partial charge in [0.1, 0.15) is 11.4 Å². The molecule has 0 aromatic heterocycles. The van der Waals surface area contributed by atoms with Crippen molar-refractivity contribution >= 4 is 11.6 Å². The third-order valence-electron chi connectivity index (χ3n) is 3.97. The number of benzene rings is 1. The van der Waals surface area contributed by atoms with Crippen molar-refractivity contribution in [3.63, 3.8) is 0 Å². The van der Waals surface area contributed by atoms with Gasteiger partial charge >= 0.3 is 0 Å². The largest absolute Gasteiger partial charge is 0.497 e. The number of amides is 1. The van der Waals surface area contributed by atoms with Gasteiger partial charge in [0, 0.05) is 17.3 Å². The zero-order chi connectivity index (χ0) is 13.6. The van der Waals surface area contributed by atoms with Crippen molar-refractivity contribution in [2.45, 2.75) is 18.4 Å². The van der Waals surface area contributed by atoms with Gasteiger partial charge < -0.3 is 20.5 Å². The summed E-state index contributed by atoms with van der Waals surface area (Å²) in [5, 5.41) is 10.2. The monoisotopic (exact) mass is 262 g/mol. The van der Waals surface area contributed by atoms with Crippen LogP contribution in [0.4, 0.5) is 5.69 Å². The molecule has 0 spiro atoms. The van der Waals surface area contributed by atoms with Gasteiger partial charge in [-0.3, -0.25) is 4.79 Å². The molecular formula is C14H18N2O3. The van der Waals surface area contributed by atoms with Crippen LogP contribution in [-0.2, 0) is 0 Å². The second-order valence-electron chi connectivity index (χ2n) is 5.53. The average Bonchev–Trinajstić information content (AvgIpc) is 3.17. The van der Waals surface area contributed by atoms with Crippen LogP contribution in [-0.4, -0.2) is 41.7 Å². The third kappa shape index (κ3) is 2.14. The van der Waals surface area contributed by atoms with Gasteiger partial charge in [-0.2, -0.15) is 0 Å². The van der Waals surface area contributed by atoms with Gasteiger partial charge in [-0.15, -0.1) is 0 Å². The molecule has 1 aromatic carbocycles. The van der Waals surface area contributed by atoms with Crippen molar-refractivity contribution in [3.05, 3.63) is 23.8 Å². The van der Waals surface area contributed by atoms with Gasteiger partial charge in [0.15, 0.2) is 0 Å². The number of aliphatic hydroxyl groups is 1. The van der Waals surface area contributed by atoms with Crippen molar-refractivity contribution in [1.82, 2.24) is 4.90 Å². The van der Waals surface area contributed by atoms with E-state index in [2.05, 4.69) is 0 Å². The molecule has 0 radical (unpaired) electrons. The van der Waals surface area contributed by atoms with E-state index in [4.69, 9.17) is 10.5 Å². The van der Waals surface area contributed by atoms with Gasteiger partial charge in [-0.25, -0.2) is 0 Å². The van der Waals surface area contributed by atoms with E-state index in [1.165, 1.54) is 0 Å². The summed E-state index contributed by atoms with van der Waals surface area (Å²) in [7, 11) is 1.54. The molecule has 2 aliphatic rings. The number of nitrogens with zero attached hydrogens (tertiary/aromatic N) is 1. The molecule has 102 valence electrons. The van der Waals surface area contributed by atoms with Gasteiger partial charge in [0.05, 0.1) is 20.2 Å². The Bertz CT molecular complexity index is 519. The van der Waals surface area contributed by atoms with Crippen LogP contribution in [0.1, 0.15) is 23.2 Å². The normalized spacial score (nSPS) is 20.8. The van der Waals surface area contributed by atoms with E-state index in [-0.39, 0.29) is 5.91 Å². The van der Waals surface area contributed by atoms with E-state index in [0.29, 0.717) is 36.0 Å². The Morgan fingerprint density at radius 3 is 2.68 bits per heavy atom. The highest BCUT2D eigenvalue weighted by Crippen LogP contribution is 2.44. The van der Waals surface area contributed by atoms with Crippen LogP contribution in [0, 0.1) is 5.92 Å². The van der Waals surface area contributed by atoms with E-state index >= 15 is 0 Å². The highest BCUT2D eigenvalue weighted by molar-refractivity contribution is 5.96. The first-order chi connectivity index (χ1) is 9.01. The Morgan fingerprint density at radius 2 is 2.11 bits per heavy atom. The minimum atomic E-state index is -0.653. The van der Waals surface area contributed by atoms with Gasteiger partial charge in [0.25, 0.3) is 5.91 Å². The number of carbonyl (C=O) groups is 1. The number of hydrogen-bond donors (Lipinski definition) is 2. The van der Waals surface area contributed by atoms with Gasteiger partial charge in [-0.05, 0) is 30.9 Å². The van der Waals surface area contributed by atoms with Crippen LogP contribution in [0.25, 0.3) is 0 Å². The van der Waals surface area contributed by atoms with E-state index in [0.717, 1.165) is 12.8 Å². The fourth-order valence-corrected chi connectivity index (χ4v) is 2.68. The Kier molecular flexibility index (Phi) is 2.67. The first kappa shape index (κ1) is 12.3. The number of likely N-dealkylation sites (tertiary alicyclic amines) is 1.